The molecule has 0 rings (SSSR count). The molecule has 0 N–H and O–H groups in total. The van der Waals surface area contributed by atoms with E-state index in [-0.39, 0.29) is 17.3 Å². The van der Waals surface area contributed by atoms with Crippen molar-refractivity contribution < 1.29 is 9.53 Å². The summed E-state index contributed by atoms with van der Waals surface area (Å²) in [5.41, 5.74) is 0.506. The van der Waals surface area contributed by atoms with Gasteiger partial charge in [-0.25, -0.2) is 0 Å². The minimum Gasteiger partial charge on any atom is -0.466 e. The number of carbonyl (C=O) groups excluding carboxylic acids is 1. The summed E-state index contributed by atoms with van der Waals surface area (Å²) >= 11 is 0. The third-order valence-corrected chi connectivity index (χ3v) is 2.29. The van der Waals surface area contributed by atoms with E-state index in [2.05, 4.69) is 13.2 Å². The maximum absolute atomic E-state index is 11.7. The van der Waals surface area contributed by atoms with Crippen molar-refractivity contribution in [1.29, 1.82) is 0 Å². The molecule has 80 valence electrons. The molecule has 1 atom stereocenters. The molecule has 0 aliphatic carbocycles. The fraction of sp³-hybridized carbons (Fsp3) is 0.583. The number of hydrogen-bond acceptors (Lipinski definition) is 2. The fourth-order valence-corrected chi connectivity index (χ4v) is 1.48. The summed E-state index contributed by atoms with van der Waals surface area (Å²) in [5.74, 6) is -0.523. The van der Waals surface area contributed by atoms with Crippen LogP contribution in [0.15, 0.2) is 24.8 Å². The van der Waals surface area contributed by atoms with Crippen LogP contribution in [0.5, 0.6) is 0 Å². The van der Waals surface area contributed by atoms with Gasteiger partial charge in [0.1, 0.15) is 0 Å². The average molecular weight is 196 g/mol. The third-order valence-electron chi connectivity index (χ3n) is 2.29. The van der Waals surface area contributed by atoms with Gasteiger partial charge < -0.3 is 4.74 Å². The molecule has 2 heteroatoms. The molecule has 2 nitrogen and oxygen atoms in total. The van der Waals surface area contributed by atoms with Gasteiger partial charge in [0, 0.05) is 0 Å². The summed E-state index contributed by atoms with van der Waals surface area (Å²) in [7, 11) is 0. The Morgan fingerprint density at radius 2 is 2.07 bits per heavy atom. The molecule has 0 aromatic heterocycles. The van der Waals surface area contributed by atoms with E-state index in [9.17, 15) is 4.79 Å². The standard InChI is InChI=1S/C12H20O2/c1-7-12(5,6)10(9(3)4)11(13)14-8-2/h7,10H,1,3,8H2,2,4-6H3. The fourth-order valence-electron chi connectivity index (χ4n) is 1.48. The van der Waals surface area contributed by atoms with Gasteiger partial charge in [-0.2, -0.15) is 0 Å². The second kappa shape index (κ2) is 4.99. The van der Waals surface area contributed by atoms with Crippen molar-refractivity contribution in [2.75, 3.05) is 6.61 Å². The lowest BCUT2D eigenvalue weighted by Gasteiger charge is -2.29. The smallest absolute Gasteiger partial charge is 0.313 e. The van der Waals surface area contributed by atoms with Gasteiger partial charge in [-0.15, -0.1) is 6.58 Å². The van der Waals surface area contributed by atoms with Gasteiger partial charge in [0.15, 0.2) is 0 Å². The van der Waals surface area contributed by atoms with E-state index in [1.54, 1.807) is 13.0 Å². The van der Waals surface area contributed by atoms with Gasteiger partial charge in [-0.05, 0) is 19.3 Å². The van der Waals surface area contributed by atoms with Crippen molar-refractivity contribution in [3.63, 3.8) is 0 Å². The van der Waals surface area contributed by atoms with Crippen LogP contribution in [0.3, 0.4) is 0 Å². The number of hydrogen-bond donors (Lipinski definition) is 0. The lowest BCUT2D eigenvalue weighted by molar-refractivity contribution is -0.149. The average Bonchev–Trinajstić information content (AvgIpc) is 2.03. The Morgan fingerprint density at radius 1 is 1.57 bits per heavy atom. The molecule has 0 bridgehead atoms. The highest BCUT2D eigenvalue weighted by molar-refractivity contribution is 5.76. The van der Waals surface area contributed by atoms with E-state index in [4.69, 9.17) is 4.74 Å². The summed E-state index contributed by atoms with van der Waals surface area (Å²) in [5, 5.41) is 0. The van der Waals surface area contributed by atoms with Crippen LogP contribution in [-0.4, -0.2) is 12.6 Å². The first-order valence-electron chi connectivity index (χ1n) is 4.82. The molecule has 0 saturated carbocycles. The van der Waals surface area contributed by atoms with Crippen LogP contribution in [0.2, 0.25) is 0 Å². The number of esters is 1. The molecule has 0 heterocycles. The molecule has 0 radical (unpaired) electrons. The van der Waals surface area contributed by atoms with Gasteiger partial charge in [0.2, 0.25) is 0 Å². The highest BCUT2D eigenvalue weighted by Gasteiger charge is 2.34. The first-order valence-corrected chi connectivity index (χ1v) is 4.82. The Morgan fingerprint density at radius 3 is 2.36 bits per heavy atom. The lowest BCUT2D eigenvalue weighted by atomic mass is 9.75. The first-order chi connectivity index (χ1) is 6.36. The summed E-state index contributed by atoms with van der Waals surface area (Å²) < 4.78 is 5.01. The van der Waals surface area contributed by atoms with Crippen molar-refractivity contribution in [3.8, 4) is 0 Å². The molecule has 0 saturated heterocycles. The van der Waals surface area contributed by atoms with E-state index < -0.39 is 0 Å². The molecule has 0 aliphatic heterocycles. The second-order valence-electron chi connectivity index (χ2n) is 4.06. The van der Waals surface area contributed by atoms with Crippen LogP contribution in [0.4, 0.5) is 0 Å². The Balaban J connectivity index is 4.86. The van der Waals surface area contributed by atoms with Crippen LogP contribution >= 0.6 is 0 Å². The molecular formula is C12H20O2. The number of rotatable bonds is 5. The zero-order valence-electron chi connectivity index (χ0n) is 9.59. The predicted molar refractivity (Wildman–Crippen MR) is 58.9 cm³/mol. The normalized spacial score (nSPS) is 13.1. The van der Waals surface area contributed by atoms with Gasteiger partial charge in [0.05, 0.1) is 12.5 Å². The van der Waals surface area contributed by atoms with E-state index in [0.717, 1.165) is 5.57 Å². The van der Waals surface area contributed by atoms with E-state index >= 15 is 0 Å². The minimum atomic E-state index is -0.307. The first kappa shape index (κ1) is 12.9. The topological polar surface area (TPSA) is 26.3 Å². The second-order valence-corrected chi connectivity index (χ2v) is 4.06. The lowest BCUT2D eigenvalue weighted by Crippen LogP contribution is -2.31. The summed E-state index contributed by atoms with van der Waals surface area (Å²) in [6.45, 7) is 15.5. The third kappa shape index (κ3) is 3.02. The van der Waals surface area contributed by atoms with Crippen LogP contribution in [0.1, 0.15) is 27.7 Å². The summed E-state index contributed by atoms with van der Waals surface area (Å²) in [4.78, 5) is 11.7. The molecule has 0 aromatic rings. The van der Waals surface area contributed by atoms with Crippen LogP contribution < -0.4 is 0 Å². The maximum atomic E-state index is 11.7. The van der Waals surface area contributed by atoms with Gasteiger partial charge in [0.25, 0.3) is 0 Å². The SMILES string of the molecule is C=CC(C)(C)C(C(=C)C)C(=O)OCC. The molecule has 14 heavy (non-hydrogen) atoms. The maximum Gasteiger partial charge on any atom is 0.313 e. The van der Waals surface area contributed by atoms with Crippen molar-refractivity contribution >= 4 is 5.97 Å². The quantitative estimate of drug-likeness (QED) is 0.499. The zero-order chi connectivity index (χ0) is 11.4. The molecule has 0 spiro atoms. The number of ether oxygens (including phenoxy) is 1. The highest BCUT2D eigenvalue weighted by Crippen LogP contribution is 2.33. The van der Waals surface area contributed by atoms with Gasteiger partial charge in [-0.3, -0.25) is 4.79 Å². The van der Waals surface area contributed by atoms with Gasteiger partial charge >= 0.3 is 5.97 Å². The minimum absolute atomic E-state index is 0.218. The highest BCUT2D eigenvalue weighted by atomic mass is 16.5. The molecular weight excluding hydrogens is 176 g/mol. The van der Waals surface area contributed by atoms with Gasteiger partial charge in [-0.1, -0.05) is 32.1 Å². The number of carbonyl (C=O) groups is 1. The monoisotopic (exact) mass is 196 g/mol. The van der Waals surface area contributed by atoms with Crippen molar-refractivity contribution in [2.24, 2.45) is 11.3 Å². The van der Waals surface area contributed by atoms with Crippen molar-refractivity contribution in [2.45, 2.75) is 27.7 Å². The van der Waals surface area contributed by atoms with E-state index in [1.807, 2.05) is 20.8 Å². The predicted octanol–water partition coefficient (Wildman–Crippen LogP) is 2.95. The molecule has 0 aromatic carbocycles. The van der Waals surface area contributed by atoms with E-state index in [1.165, 1.54) is 0 Å². The van der Waals surface area contributed by atoms with Crippen LogP contribution in [-0.2, 0) is 9.53 Å². The van der Waals surface area contributed by atoms with Crippen molar-refractivity contribution in [3.05, 3.63) is 24.8 Å². The summed E-state index contributed by atoms with van der Waals surface area (Å²) in [6, 6.07) is 0. The van der Waals surface area contributed by atoms with Crippen LogP contribution in [0.25, 0.3) is 0 Å². The molecule has 0 fully saturated rings. The Kier molecular flexibility index (Phi) is 4.61. The largest absolute Gasteiger partial charge is 0.466 e. The molecule has 1 unspecified atom stereocenters. The summed E-state index contributed by atoms with van der Waals surface area (Å²) in [6.07, 6.45) is 1.77. The Bertz CT molecular complexity index is 239. The van der Waals surface area contributed by atoms with Crippen LogP contribution in [0, 0.1) is 11.3 Å². The zero-order valence-corrected chi connectivity index (χ0v) is 9.59. The van der Waals surface area contributed by atoms with Crippen molar-refractivity contribution in [1.82, 2.24) is 0 Å². The molecule has 0 aliphatic rings. The Labute approximate surface area is 86.6 Å². The number of allylic oxidation sites excluding steroid dienone is 1. The molecule has 0 amide bonds. The van der Waals surface area contributed by atoms with E-state index in [0.29, 0.717) is 6.61 Å². The Hall–Kier alpha value is -1.05.